The number of rotatable bonds is 6. The van der Waals surface area contributed by atoms with Crippen LogP contribution in [0, 0.1) is 0 Å². The third kappa shape index (κ3) is 4.02. The molecule has 0 aromatic heterocycles. The molecule has 5 heteroatoms. The maximum atomic E-state index is 11.5. The largest absolute Gasteiger partial charge is 0.497 e. The van der Waals surface area contributed by atoms with Gasteiger partial charge in [-0.15, -0.1) is 0 Å². The highest BCUT2D eigenvalue weighted by Gasteiger charge is 2.07. The molecule has 0 heterocycles. The van der Waals surface area contributed by atoms with Crippen LogP contribution in [-0.4, -0.2) is 18.2 Å². The summed E-state index contributed by atoms with van der Waals surface area (Å²) in [6, 6.07) is 23.0. The van der Waals surface area contributed by atoms with Crippen LogP contribution in [0.15, 0.2) is 72.8 Å². The summed E-state index contributed by atoms with van der Waals surface area (Å²) < 4.78 is 5.26. The molecule has 0 aliphatic carbocycles. The number of carbonyl (C=O) groups excluding carboxylic acids is 1. The quantitative estimate of drug-likeness (QED) is 0.463. The smallest absolute Gasteiger partial charge is 0.274 e. The number of hydrogen-bond acceptors (Lipinski definition) is 4. The molecule has 0 saturated carbocycles. The topological polar surface area (TPSA) is 70.6 Å². The Labute approximate surface area is 152 Å². The van der Waals surface area contributed by atoms with E-state index in [1.165, 1.54) is 0 Å². The van der Waals surface area contributed by atoms with Crippen LogP contribution in [0.4, 0.5) is 5.69 Å². The number of ether oxygens (including phenoxy) is 1. The number of amides is 1. The van der Waals surface area contributed by atoms with Crippen molar-refractivity contribution in [2.24, 2.45) is 0 Å². The third-order valence-electron chi connectivity index (χ3n) is 4.10. The zero-order chi connectivity index (χ0) is 18.4. The lowest BCUT2D eigenvalue weighted by Crippen LogP contribution is -2.18. The van der Waals surface area contributed by atoms with Gasteiger partial charge in [0.25, 0.3) is 5.91 Å². The molecule has 0 saturated heterocycles. The molecule has 3 rings (SSSR count). The molecule has 0 fully saturated rings. The lowest BCUT2D eigenvalue weighted by atomic mass is 10.0. The second-order valence-electron chi connectivity index (χ2n) is 5.77. The van der Waals surface area contributed by atoms with Crippen molar-refractivity contribution in [3.63, 3.8) is 0 Å². The van der Waals surface area contributed by atoms with Gasteiger partial charge in [-0.1, -0.05) is 42.5 Å². The van der Waals surface area contributed by atoms with E-state index >= 15 is 0 Å². The van der Waals surface area contributed by atoms with Crippen LogP contribution >= 0.6 is 0 Å². The van der Waals surface area contributed by atoms with Crippen molar-refractivity contribution < 1.29 is 14.7 Å². The minimum atomic E-state index is -0.527. The second kappa shape index (κ2) is 8.18. The summed E-state index contributed by atoms with van der Waals surface area (Å²) in [7, 11) is 1.66. The zero-order valence-electron chi connectivity index (χ0n) is 14.4. The van der Waals surface area contributed by atoms with E-state index in [4.69, 9.17) is 9.94 Å². The van der Waals surface area contributed by atoms with Gasteiger partial charge in [-0.25, -0.2) is 5.48 Å². The lowest BCUT2D eigenvalue weighted by molar-refractivity contribution is 0.0706. The number of anilines is 1. The van der Waals surface area contributed by atoms with Crippen molar-refractivity contribution in [3.05, 3.63) is 83.9 Å². The summed E-state index contributed by atoms with van der Waals surface area (Å²) in [5, 5.41) is 12.2. The molecule has 3 aromatic carbocycles. The monoisotopic (exact) mass is 348 g/mol. The van der Waals surface area contributed by atoms with Crippen molar-refractivity contribution in [1.82, 2.24) is 5.48 Å². The van der Waals surface area contributed by atoms with E-state index in [1.807, 2.05) is 60.7 Å². The van der Waals surface area contributed by atoms with Gasteiger partial charge in [0.1, 0.15) is 5.75 Å². The molecule has 1 amide bonds. The molecule has 0 aliphatic rings. The Balaban J connectivity index is 1.80. The Kier molecular flexibility index (Phi) is 5.51. The molecule has 0 unspecified atom stereocenters. The van der Waals surface area contributed by atoms with Crippen molar-refractivity contribution in [2.45, 2.75) is 6.54 Å². The molecule has 0 bridgehead atoms. The van der Waals surface area contributed by atoms with Gasteiger partial charge in [-0.2, -0.15) is 0 Å². The van der Waals surface area contributed by atoms with Crippen LogP contribution in [0.2, 0.25) is 0 Å². The maximum Gasteiger partial charge on any atom is 0.274 e. The van der Waals surface area contributed by atoms with Gasteiger partial charge < -0.3 is 10.1 Å². The van der Waals surface area contributed by atoms with Crippen LogP contribution in [0.3, 0.4) is 0 Å². The minimum absolute atomic E-state index is 0.401. The summed E-state index contributed by atoms with van der Waals surface area (Å²) in [6.45, 7) is 0.666. The summed E-state index contributed by atoms with van der Waals surface area (Å²) in [6.07, 6.45) is 0. The van der Waals surface area contributed by atoms with Gasteiger partial charge in [0.2, 0.25) is 0 Å². The molecule has 132 valence electrons. The zero-order valence-corrected chi connectivity index (χ0v) is 14.4. The molecular formula is C21H20N2O3. The molecule has 0 radical (unpaired) electrons. The summed E-state index contributed by atoms with van der Waals surface area (Å²) >= 11 is 0. The Morgan fingerprint density at radius 1 is 1.00 bits per heavy atom. The van der Waals surface area contributed by atoms with Gasteiger partial charge in [0.05, 0.1) is 7.11 Å². The first-order chi connectivity index (χ1) is 12.7. The van der Waals surface area contributed by atoms with E-state index in [2.05, 4.69) is 5.32 Å². The van der Waals surface area contributed by atoms with Crippen LogP contribution < -0.4 is 15.5 Å². The predicted octanol–water partition coefficient (Wildman–Crippen LogP) is 4.09. The van der Waals surface area contributed by atoms with Crippen LogP contribution in [0.5, 0.6) is 5.75 Å². The first-order valence-electron chi connectivity index (χ1n) is 8.22. The first kappa shape index (κ1) is 17.5. The Morgan fingerprint density at radius 3 is 2.50 bits per heavy atom. The Hall–Kier alpha value is -3.31. The number of para-hydroxylation sites is 1. The van der Waals surface area contributed by atoms with Crippen molar-refractivity contribution in [3.8, 4) is 16.9 Å². The average Bonchev–Trinajstić information content (AvgIpc) is 2.72. The summed E-state index contributed by atoms with van der Waals surface area (Å²) in [4.78, 5) is 11.5. The minimum Gasteiger partial charge on any atom is -0.497 e. The van der Waals surface area contributed by atoms with E-state index in [-0.39, 0.29) is 0 Å². The van der Waals surface area contributed by atoms with Crippen molar-refractivity contribution in [1.29, 1.82) is 0 Å². The number of nitrogens with one attached hydrogen (secondary N) is 2. The SMILES string of the molecule is COc1cccc(CNc2ccccc2-c2ccc(C(=O)NO)cc2)c1. The van der Waals surface area contributed by atoms with Crippen LogP contribution in [0.25, 0.3) is 11.1 Å². The average molecular weight is 348 g/mol. The molecule has 26 heavy (non-hydrogen) atoms. The molecule has 5 nitrogen and oxygen atoms in total. The van der Waals surface area contributed by atoms with Gasteiger partial charge in [-0.3, -0.25) is 10.0 Å². The first-order valence-corrected chi connectivity index (χ1v) is 8.22. The fourth-order valence-corrected chi connectivity index (χ4v) is 2.73. The van der Waals surface area contributed by atoms with Gasteiger partial charge in [0, 0.05) is 23.4 Å². The Bertz CT molecular complexity index is 892. The van der Waals surface area contributed by atoms with E-state index in [1.54, 1.807) is 24.7 Å². The van der Waals surface area contributed by atoms with Crippen LogP contribution in [0.1, 0.15) is 15.9 Å². The van der Waals surface area contributed by atoms with Crippen molar-refractivity contribution in [2.75, 3.05) is 12.4 Å². The molecule has 0 atom stereocenters. The number of benzene rings is 3. The van der Waals surface area contributed by atoms with Gasteiger partial charge in [0.15, 0.2) is 0 Å². The van der Waals surface area contributed by atoms with Gasteiger partial charge >= 0.3 is 0 Å². The number of hydrogen-bond donors (Lipinski definition) is 3. The Morgan fingerprint density at radius 2 is 1.77 bits per heavy atom. The maximum absolute atomic E-state index is 11.5. The molecule has 0 spiro atoms. The second-order valence-corrected chi connectivity index (χ2v) is 5.77. The number of carbonyl (C=O) groups is 1. The van der Waals surface area contributed by atoms with E-state index < -0.39 is 5.91 Å². The highest BCUT2D eigenvalue weighted by Crippen LogP contribution is 2.28. The molecule has 3 N–H and O–H groups in total. The van der Waals surface area contributed by atoms with E-state index in [9.17, 15) is 4.79 Å². The fraction of sp³-hybridized carbons (Fsp3) is 0.0952. The van der Waals surface area contributed by atoms with Gasteiger partial charge in [-0.05, 0) is 41.5 Å². The van der Waals surface area contributed by atoms with E-state index in [0.29, 0.717) is 12.1 Å². The number of methoxy groups -OCH3 is 1. The highest BCUT2D eigenvalue weighted by atomic mass is 16.5. The van der Waals surface area contributed by atoms with E-state index in [0.717, 1.165) is 28.1 Å². The lowest BCUT2D eigenvalue weighted by Gasteiger charge is -2.13. The van der Waals surface area contributed by atoms with Crippen molar-refractivity contribution >= 4 is 11.6 Å². The predicted molar refractivity (Wildman–Crippen MR) is 101 cm³/mol. The summed E-state index contributed by atoms with van der Waals surface area (Å²) in [5.41, 5.74) is 6.17. The normalized spacial score (nSPS) is 10.2. The molecule has 0 aliphatic heterocycles. The molecule has 3 aromatic rings. The standard InChI is InChI=1S/C21H20N2O3/c1-26-18-6-4-5-15(13-18)14-22-20-8-3-2-7-19(20)16-9-11-17(12-10-16)21(24)23-25/h2-13,22,25H,14H2,1H3,(H,23,24). The summed E-state index contributed by atoms with van der Waals surface area (Å²) in [5.74, 6) is 0.302. The van der Waals surface area contributed by atoms with Crippen LogP contribution in [-0.2, 0) is 6.54 Å². The molecular weight excluding hydrogens is 328 g/mol. The highest BCUT2D eigenvalue weighted by molar-refractivity contribution is 5.94. The fourth-order valence-electron chi connectivity index (χ4n) is 2.73. The third-order valence-corrected chi connectivity index (χ3v) is 4.10. The number of hydroxylamine groups is 1.